The average molecular weight is 168 g/mol. The summed E-state index contributed by atoms with van der Waals surface area (Å²) in [7, 11) is 2.20. The summed E-state index contributed by atoms with van der Waals surface area (Å²) in [5, 5.41) is 0. The van der Waals surface area contributed by atoms with Crippen molar-refractivity contribution in [3.8, 4) is 0 Å². The quantitative estimate of drug-likeness (QED) is 0.679. The molecule has 1 aliphatic carbocycles. The molecule has 1 atom stereocenters. The van der Waals surface area contributed by atoms with Gasteiger partial charge in [-0.15, -0.1) is 0 Å². The minimum atomic E-state index is 0.843. The predicted molar refractivity (Wildman–Crippen MR) is 50.9 cm³/mol. The predicted octanol–water partition coefficient (Wildman–Crippen LogP) is 0.923. The third-order valence-corrected chi connectivity index (χ3v) is 3.73. The van der Waals surface area contributed by atoms with Crippen LogP contribution in [0.3, 0.4) is 0 Å². The second-order valence-electron chi connectivity index (χ2n) is 4.57. The van der Waals surface area contributed by atoms with Gasteiger partial charge in [0.15, 0.2) is 0 Å². The van der Waals surface area contributed by atoms with Gasteiger partial charge in [-0.1, -0.05) is 19.3 Å². The number of hydrogen-bond acceptors (Lipinski definition) is 2. The lowest BCUT2D eigenvalue weighted by atomic mass is 9.68. The first-order chi connectivity index (χ1) is 5.81. The Morgan fingerprint density at radius 3 is 2.33 bits per heavy atom. The lowest BCUT2D eigenvalue weighted by Crippen LogP contribution is -2.51. The van der Waals surface area contributed by atoms with Crippen molar-refractivity contribution in [2.45, 2.75) is 19.3 Å². The molecule has 0 amide bonds. The molecule has 70 valence electrons. The molecule has 0 aromatic carbocycles. The van der Waals surface area contributed by atoms with Crippen molar-refractivity contribution in [3.63, 3.8) is 0 Å². The van der Waals surface area contributed by atoms with Crippen molar-refractivity contribution in [1.29, 1.82) is 0 Å². The van der Waals surface area contributed by atoms with E-state index in [2.05, 4.69) is 11.9 Å². The Morgan fingerprint density at radius 2 is 2.00 bits per heavy atom. The maximum Gasteiger partial charge on any atom is 0.00222 e. The highest BCUT2D eigenvalue weighted by Gasteiger charge is 2.37. The monoisotopic (exact) mass is 168 g/mol. The van der Waals surface area contributed by atoms with Crippen LogP contribution in [0.5, 0.6) is 0 Å². The van der Waals surface area contributed by atoms with E-state index < -0.39 is 0 Å². The fourth-order valence-corrected chi connectivity index (χ4v) is 2.66. The van der Waals surface area contributed by atoms with Gasteiger partial charge in [0.25, 0.3) is 0 Å². The molecule has 0 aromatic rings. The molecule has 0 aromatic heterocycles. The van der Waals surface area contributed by atoms with Crippen LogP contribution >= 0.6 is 0 Å². The van der Waals surface area contributed by atoms with Crippen LogP contribution in [-0.4, -0.2) is 31.6 Å². The van der Waals surface area contributed by atoms with Gasteiger partial charge < -0.3 is 10.6 Å². The minimum absolute atomic E-state index is 0.843. The Balaban J connectivity index is 1.81. The average Bonchev–Trinajstić information content (AvgIpc) is 1.90. The molecule has 2 aliphatic rings. The van der Waals surface area contributed by atoms with Gasteiger partial charge in [0.2, 0.25) is 0 Å². The number of rotatable bonds is 3. The molecule has 2 fully saturated rings. The first-order valence-electron chi connectivity index (χ1n) is 5.20. The van der Waals surface area contributed by atoms with Gasteiger partial charge in [0.05, 0.1) is 0 Å². The second kappa shape index (κ2) is 3.35. The van der Waals surface area contributed by atoms with Crippen LogP contribution in [0.15, 0.2) is 0 Å². The summed E-state index contributed by atoms with van der Waals surface area (Å²) in [6.07, 6.45) is 4.34. The van der Waals surface area contributed by atoms with Crippen molar-refractivity contribution in [2.24, 2.45) is 23.5 Å². The Hall–Kier alpha value is -0.0800. The van der Waals surface area contributed by atoms with Gasteiger partial charge in [-0.25, -0.2) is 0 Å². The lowest BCUT2D eigenvalue weighted by Gasteiger charge is -2.46. The first kappa shape index (κ1) is 8.52. The summed E-state index contributed by atoms with van der Waals surface area (Å²) in [5.41, 5.74) is 5.82. The molecular formula is C10H20N2. The third kappa shape index (κ3) is 1.38. The summed E-state index contributed by atoms with van der Waals surface area (Å²) in [4.78, 5) is 2.39. The molecule has 2 rings (SSSR count). The Kier molecular flexibility index (Phi) is 2.37. The zero-order valence-electron chi connectivity index (χ0n) is 8.00. The number of hydrogen-bond donors (Lipinski definition) is 1. The summed E-state index contributed by atoms with van der Waals surface area (Å²) < 4.78 is 0. The maximum atomic E-state index is 5.82. The summed E-state index contributed by atoms with van der Waals surface area (Å²) >= 11 is 0. The van der Waals surface area contributed by atoms with E-state index in [9.17, 15) is 0 Å². The third-order valence-electron chi connectivity index (χ3n) is 3.73. The standard InChI is InChI=1S/C10H20N2/c1-12-6-9(7-12)10(5-11)8-3-2-4-8/h8-10H,2-7,11H2,1H3. The van der Waals surface area contributed by atoms with E-state index in [-0.39, 0.29) is 0 Å². The highest BCUT2D eigenvalue weighted by atomic mass is 15.2. The fraction of sp³-hybridized carbons (Fsp3) is 1.00. The van der Waals surface area contributed by atoms with E-state index in [1.54, 1.807) is 0 Å². The zero-order chi connectivity index (χ0) is 8.55. The van der Waals surface area contributed by atoms with E-state index in [1.807, 2.05) is 0 Å². The lowest BCUT2D eigenvalue weighted by molar-refractivity contribution is 0.0354. The van der Waals surface area contributed by atoms with Crippen molar-refractivity contribution in [1.82, 2.24) is 4.90 Å². The van der Waals surface area contributed by atoms with Gasteiger partial charge in [0.1, 0.15) is 0 Å². The van der Waals surface area contributed by atoms with E-state index in [0.717, 1.165) is 24.3 Å². The second-order valence-corrected chi connectivity index (χ2v) is 4.57. The van der Waals surface area contributed by atoms with E-state index in [0.29, 0.717) is 0 Å². The Labute approximate surface area is 75.1 Å². The largest absolute Gasteiger partial charge is 0.330 e. The molecule has 1 unspecified atom stereocenters. The molecule has 0 bridgehead atoms. The molecule has 1 aliphatic heterocycles. The Morgan fingerprint density at radius 1 is 1.33 bits per heavy atom. The zero-order valence-corrected chi connectivity index (χ0v) is 8.00. The van der Waals surface area contributed by atoms with Crippen LogP contribution in [0.1, 0.15) is 19.3 Å². The molecule has 1 heterocycles. The number of nitrogens with two attached hydrogens (primary N) is 1. The van der Waals surface area contributed by atoms with Crippen molar-refractivity contribution < 1.29 is 0 Å². The summed E-state index contributed by atoms with van der Waals surface area (Å²) in [6, 6.07) is 0. The van der Waals surface area contributed by atoms with Crippen LogP contribution in [0, 0.1) is 17.8 Å². The van der Waals surface area contributed by atoms with Crippen LogP contribution in [0.2, 0.25) is 0 Å². The maximum absolute atomic E-state index is 5.82. The highest BCUT2D eigenvalue weighted by Crippen LogP contribution is 2.39. The van der Waals surface area contributed by atoms with Crippen molar-refractivity contribution >= 4 is 0 Å². The molecular weight excluding hydrogens is 148 g/mol. The topological polar surface area (TPSA) is 29.3 Å². The summed E-state index contributed by atoms with van der Waals surface area (Å²) in [6.45, 7) is 3.50. The molecule has 1 saturated heterocycles. The van der Waals surface area contributed by atoms with Gasteiger partial charge in [-0.3, -0.25) is 0 Å². The highest BCUT2D eigenvalue weighted by molar-refractivity contribution is 4.89. The first-order valence-corrected chi connectivity index (χ1v) is 5.20. The van der Waals surface area contributed by atoms with Crippen molar-refractivity contribution in [3.05, 3.63) is 0 Å². The number of nitrogens with zero attached hydrogens (tertiary/aromatic N) is 1. The van der Waals surface area contributed by atoms with Gasteiger partial charge in [-0.05, 0) is 31.3 Å². The molecule has 2 N–H and O–H groups in total. The smallest absolute Gasteiger partial charge is 0.00222 e. The molecule has 12 heavy (non-hydrogen) atoms. The minimum Gasteiger partial charge on any atom is -0.330 e. The van der Waals surface area contributed by atoms with Crippen molar-refractivity contribution in [2.75, 3.05) is 26.7 Å². The molecule has 1 saturated carbocycles. The fourth-order valence-electron chi connectivity index (χ4n) is 2.66. The molecule has 2 nitrogen and oxygen atoms in total. The van der Waals surface area contributed by atoms with E-state index in [1.165, 1.54) is 32.4 Å². The van der Waals surface area contributed by atoms with Gasteiger partial charge in [-0.2, -0.15) is 0 Å². The number of likely N-dealkylation sites (tertiary alicyclic amines) is 1. The SMILES string of the molecule is CN1CC(C(CN)C2CCC2)C1. The van der Waals surface area contributed by atoms with E-state index in [4.69, 9.17) is 5.73 Å². The molecule has 0 radical (unpaired) electrons. The van der Waals surface area contributed by atoms with E-state index >= 15 is 0 Å². The normalized spacial score (nSPS) is 29.5. The van der Waals surface area contributed by atoms with Crippen LogP contribution in [-0.2, 0) is 0 Å². The Bertz CT molecular complexity index is 148. The van der Waals surface area contributed by atoms with Gasteiger partial charge >= 0.3 is 0 Å². The van der Waals surface area contributed by atoms with Gasteiger partial charge in [0, 0.05) is 13.1 Å². The molecule has 0 spiro atoms. The van der Waals surface area contributed by atoms with Crippen LogP contribution in [0.25, 0.3) is 0 Å². The van der Waals surface area contributed by atoms with Crippen LogP contribution in [0.4, 0.5) is 0 Å². The molecule has 2 heteroatoms. The van der Waals surface area contributed by atoms with Crippen LogP contribution < -0.4 is 5.73 Å². The summed E-state index contributed by atoms with van der Waals surface area (Å²) in [5.74, 6) is 2.74.